The summed E-state index contributed by atoms with van der Waals surface area (Å²) < 4.78 is 28.7. The highest BCUT2D eigenvalue weighted by Gasteiger charge is 2.37. The fourth-order valence-electron chi connectivity index (χ4n) is 4.39. The van der Waals surface area contributed by atoms with Crippen LogP contribution in [0.3, 0.4) is 0 Å². The number of carbonyl (C=O) groups is 3. The molecule has 1 aromatic heterocycles. The van der Waals surface area contributed by atoms with E-state index >= 15 is 0 Å². The van der Waals surface area contributed by atoms with Crippen LogP contribution in [-0.2, 0) is 19.1 Å². The maximum atomic E-state index is 13.2. The van der Waals surface area contributed by atoms with Crippen LogP contribution in [-0.4, -0.2) is 60.9 Å². The van der Waals surface area contributed by atoms with Gasteiger partial charge in [-0.3, -0.25) is 9.59 Å². The molecule has 40 heavy (non-hydrogen) atoms. The summed E-state index contributed by atoms with van der Waals surface area (Å²) >= 11 is 0. The molecule has 1 N–H and O–H groups in total. The lowest BCUT2D eigenvalue weighted by Crippen LogP contribution is -2.46. The third-order valence-electron chi connectivity index (χ3n) is 6.41. The molecule has 0 bridgehead atoms. The van der Waals surface area contributed by atoms with Gasteiger partial charge >= 0.3 is 11.9 Å². The van der Waals surface area contributed by atoms with E-state index in [1.165, 1.54) is 26.3 Å². The molecular formula is C30H38N2O8. The Morgan fingerprint density at radius 1 is 1.15 bits per heavy atom. The van der Waals surface area contributed by atoms with E-state index in [1.54, 1.807) is 6.92 Å². The molecule has 10 heteroatoms. The smallest absolute Gasteiger partial charge is 0.329 e. The quantitative estimate of drug-likeness (QED) is 0.423. The lowest BCUT2D eigenvalue weighted by atomic mass is 10.0. The number of pyridine rings is 1. The molecular weight excluding hydrogens is 516 g/mol. The number of allylic oxidation sites excluding steroid dienone is 1. The Labute approximate surface area is 235 Å². The number of ether oxygens (including phenoxy) is 5. The molecule has 2 aromatic rings. The standard InChI is InChI=1S/C30H38N2O8/c1-7-17-37-25-10-8-9-23(32-29(34)26-28(39-20(5)33)24(36-6)15-16-31-26)30(35)38-19(4)27(25)40-22-13-11-21(12-14-22)18(2)3/h11-16,19,23,25,27H,2,7-10,17H2,1,3-6H3,(H,32,34). The molecule has 0 aliphatic carbocycles. The van der Waals surface area contributed by atoms with Gasteiger partial charge in [0.05, 0.1) is 13.2 Å². The van der Waals surface area contributed by atoms with Gasteiger partial charge in [-0.2, -0.15) is 0 Å². The van der Waals surface area contributed by atoms with Crippen molar-refractivity contribution in [1.29, 1.82) is 0 Å². The predicted octanol–water partition coefficient (Wildman–Crippen LogP) is 4.51. The van der Waals surface area contributed by atoms with Gasteiger partial charge in [0.25, 0.3) is 5.91 Å². The monoisotopic (exact) mass is 554 g/mol. The largest absolute Gasteiger partial charge is 0.493 e. The highest BCUT2D eigenvalue weighted by atomic mass is 16.6. The molecule has 3 rings (SSSR count). The number of nitrogens with one attached hydrogen (secondary N) is 1. The molecule has 1 aromatic carbocycles. The highest BCUT2D eigenvalue weighted by molar-refractivity contribution is 5.98. The van der Waals surface area contributed by atoms with Gasteiger partial charge in [-0.25, -0.2) is 9.78 Å². The Balaban J connectivity index is 1.81. The number of methoxy groups -OCH3 is 1. The number of rotatable bonds is 10. The minimum Gasteiger partial charge on any atom is -0.493 e. The van der Waals surface area contributed by atoms with Crippen LogP contribution >= 0.6 is 0 Å². The highest BCUT2D eigenvalue weighted by Crippen LogP contribution is 2.30. The number of aromatic nitrogens is 1. The summed E-state index contributed by atoms with van der Waals surface area (Å²) in [5, 5.41) is 2.69. The van der Waals surface area contributed by atoms with Crippen molar-refractivity contribution in [2.24, 2.45) is 0 Å². The molecule has 2 heterocycles. The topological polar surface area (TPSA) is 122 Å². The summed E-state index contributed by atoms with van der Waals surface area (Å²) in [4.78, 5) is 42.1. The number of benzene rings is 1. The molecule has 10 nitrogen and oxygen atoms in total. The van der Waals surface area contributed by atoms with Crippen LogP contribution in [0.1, 0.15) is 69.4 Å². The lowest BCUT2D eigenvalue weighted by molar-refractivity contribution is -0.159. The van der Waals surface area contributed by atoms with Gasteiger partial charge < -0.3 is 29.0 Å². The molecule has 216 valence electrons. The van der Waals surface area contributed by atoms with Gasteiger partial charge in [0, 0.05) is 25.8 Å². The van der Waals surface area contributed by atoms with E-state index in [0.29, 0.717) is 31.6 Å². The summed E-state index contributed by atoms with van der Waals surface area (Å²) in [6.07, 6.45) is 2.02. The number of hydrogen-bond acceptors (Lipinski definition) is 9. The van der Waals surface area contributed by atoms with Crippen molar-refractivity contribution in [2.45, 2.75) is 77.7 Å². The Hall–Kier alpha value is -3.92. The average molecular weight is 555 g/mol. The van der Waals surface area contributed by atoms with E-state index in [9.17, 15) is 14.4 Å². The maximum absolute atomic E-state index is 13.2. The summed E-state index contributed by atoms with van der Waals surface area (Å²) in [6.45, 7) is 11.4. The van der Waals surface area contributed by atoms with Crippen LogP contribution in [0.2, 0.25) is 0 Å². The van der Waals surface area contributed by atoms with Gasteiger partial charge in [-0.1, -0.05) is 31.2 Å². The van der Waals surface area contributed by atoms with Crippen LogP contribution in [0.5, 0.6) is 17.2 Å². The van der Waals surface area contributed by atoms with E-state index in [4.69, 9.17) is 23.7 Å². The molecule has 1 aliphatic heterocycles. The molecule has 1 amide bonds. The summed E-state index contributed by atoms with van der Waals surface area (Å²) in [7, 11) is 1.38. The zero-order valence-electron chi connectivity index (χ0n) is 23.7. The second-order valence-corrected chi connectivity index (χ2v) is 9.68. The Morgan fingerprint density at radius 2 is 1.88 bits per heavy atom. The zero-order valence-corrected chi connectivity index (χ0v) is 23.7. The van der Waals surface area contributed by atoms with Crippen LogP contribution in [0, 0.1) is 0 Å². The molecule has 0 radical (unpaired) electrons. The Bertz CT molecular complexity index is 1200. The number of nitrogens with zero attached hydrogens (tertiary/aromatic N) is 1. The second kappa shape index (κ2) is 14.5. The van der Waals surface area contributed by atoms with E-state index < -0.39 is 36.1 Å². The fourth-order valence-corrected chi connectivity index (χ4v) is 4.39. The molecule has 4 unspecified atom stereocenters. The van der Waals surface area contributed by atoms with Crippen molar-refractivity contribution in [3.8, 4) is 17.2 Å². The van der Waals surface area contributed by atoms with Crippen molar-refractivity contribution >= 4 is 23.4 Å². The van der Waals surface area contributed by atoms with Crippen molar-refractivity contribution < 1.29 is 38.1 Å². The average Bonchev–Trinajstić information content (AvgIpc) is 2.97. The predicted molar refractivity (Wildman–Crippen MR) is 148 cm³/mol. The van der Waals surface area contributed by atoms with E-state index in [1.807, 2.05) is 38.1 Å². The Morgan fingerprint density at radius 3 is 2.50 bits per heavy atom. The van der Waals surface area contributed by atoms with Crippen molar-refractivity contribution in [3.05, 3.63) is 54.4 Å². The first-order valence-corrected chi connectivity index (χ1v) is 13.4. The minimum absolute atomic E-state index is 0.126. The number of esters is 2. The van der Waals surface area contributed by atoms with Crippen LogP contribution in [0.15, 0.2) is 43.1 Å². The molecule has 0 saturated carbocycles. The molecule has 1 aliphatic rings. The van der Waals surface area contributed by atoms with Gasteiger partial charge in [-0.15, -0.1) is 0 Å². The van der Waals surface area contributed by atoms with Crippen LogP contribution in [0.25, 0.3) is 5.57 Å². The summed E-state index contributed by atoms with van der Waals surface area (Å²) in [5.74, 6) is -1.30. The SMILES string of the molecule is C=C(C)c1ccc(OC2C(C)OC(=O)C(NC(=O)c3nccc(OC)c3OC(C)=O)CCCC2OCCC)cc1. The summed E-state index contributed by atoms with van der Waals surface area (Å²) in [5.41, 5.74) is 1.76. The fraction of sp³-hybridized carbons (Fsp3) is 0.467. The maximum Gasteiger partial charge on any atom is 0.329 e. The van der Waals surface area contributed by atoms with Crippen molar-refractivity contribution in [1.82, 2.24) is 10.3 Å². The molecule has 4 atom stereocenters. The first kappa shape index (κ1) is 30.6. The van der Waals surface area contributed by atoms with Crippen molar-refractivity contribution in [3.63, 3.8) is 0 Å². The summed E-state index contributed by atoms with van der Waals surface area (Å²) in [6, 6.07) is 8.06. The zero-order chi connectivity index (χ0) is 29.2. The van der Waals surface area contributed by atoms with Crippen molar-refractivity contribution in [2.75, 3.05) is 13.7 Å². The Kier molecular flexibility index (Phi) is 11.1. The minimum atomic E-state index is -0.964. The number of amides is 1. The molecule has 1 fully saturated rings. The number of carbonyl (C=O) groups excluding carboxylic acids is 3. The second-order valence-electron chi connectivity index (χ2n) is 9.68. The van der Waals surface area contributed by atoms with E-state index in [0.717, 1.165) is 17.6 Å². The van der Waals surface area contributed by atoms with Gasteiger partial charge in [0.15, 0.2) is 17.5 Å². The normalized spacial score (nSPS) is 21.2. The lowest BCUT2D eigenvalue weighted by Gasteiger charge is -2.31. The van der Waals surface area contributed by atoms with E-state index in [2.05, 4.69) is 16.9 Å². The number of cyclic esters (lactones) is 1. The first-order chi connectivity index (χ1) is 19.1. The van der Waals surface area contributed by atoms with E-state index in [-0.39, 0.29) is 23.3 Å². The number of hydrogen-bond donors (Lipinski definition) is 1. The van der Waals surface area contributed by atoms with Crippen LogP contribution < -0.4 is 19.5 Å². The molecule has 1 saturated heterocycles. The van der Waals surface area contributed by atoms with Gasteiger partial charge in [0.2, 0.25) is 5.75 Å². The first-order valence-electron chi connectivity index (χ1n) is 13.4. The van der Waals surface area contributed by atoms with Crippen LogP contribution in [0.4, 0.5) is 0 Å². The molecule has 0 spiro atoms. The van der Waals surface area contributed by atoms with Gasteiger partial charge in [0.1, 0.15) is 17.9 Å². The third kappa shape index (κ3) is 8.05. The van der Waals surface area contributed by atoms with Gasteiger partial charge in [-0.05, 0) is 57.2 Å². The third-order valence-corrected chi connectivity index (χ3v) is 6.41.